The first-order valence-corrected chi connectivity index (χ1v) is 10.2. The third kappa shape index (κ3) is 5.55. The lowest BCUT2D eigenvalue weighted by Crippen LogP contribution is -2.65. The summed E-state index contributed by atoms with van der Waals surface area (Å²) < 4.78 is 15.9. The molecule has 1 aliphatic rings. The van der Waals surface area contributed by atoms with E-state index in [-0.39, 0.29) is 12.5 Å². The number of amides is 3. The zero-order chi connectivity index (χ0) is 23.1. The molecule has 170 valence electrons. The molecule has 32 heavy (non-hydrogen) atoms. The lowest BCUT2D eigenvalue weighted by Gasteiger charge is -2.44. The van der Waals surface area contributed by atoms with Gasteiger partial charge in [-0.2, -0.15) is 0 Å². The molecule has 1 aliphatic carbocycles. The molecule has 1 atom stereocenters. The summed E-state index contributed by atoms with van der Waals surface area (Å²) in [5, 5.41) is 5.34. The fourth-order valence-electron chi connectivity index (χ4n) is 3.75. The first-order valence-electron chi connectivity index (χ1n) is 10.2. The van der Waals surface area contributed by atoms with Gasteiger partial charge in [0.2, 0.25) is 5.91 Å². The second kappa shape index (κ2) is 10.1. The van der Waals surface area contributed by atoms with Crippen molar-refractivity contribution in [2.24, 2.45) is 5.73 Å². The van der Waals surface area contributed by atoms with Gasteiger partial charge in [-0.05, 0) is 29.8 Å². The molecule has 0 radical (unpaired) electrons. The molecule has 0 heterocycles. The second-order valence-electron chi connectivity index (χ2n) is 7.64. The number of primary amides is 1. The molecule has 0 spiro atoms. The van der Waals surface area contributed by atoms with E-state index < -0.39 is 29.5 Å². The lowest BCUT2D eigenvalue weighted by atomic mass is 9.74. The first kappa shape index (κ1) is 23.1. The Bertz CT molecular complexity index is 959. The average molecular weight is 441 g/mol. The predicted molar refractivity (Wildman–Crippen MR) is 116 cm³/mol. The molecule has 4 N–H and O–H groups in total. The van der Waals surface area contributed by atoms with Gasteiger partial charge in [-0.25, -0.2) is 9.59 Å². The predicted octanol–water partition coefficient (Wildman–Crippen LogP) is 2.42. The van der Waals surface area contributed by atoms with E-state index in [0.717, 1.165) is 0 Å². The Hall–Kier alpha value is -3.59. The van der Waals surface area contributed by atoms with Gasteiger partial charge in [0.05, 0.1) is 25.7 Å². The minimum atomic E-state index is -1.14. The van der Waals surface area contributed by atoms with E-state index >= 15 is 0 Å². The fourth-order valence-corrected chi connectivity index (χ4v) is 3.75. The molecule has 0 aliphatic heterocycles. The number of carbonyl (C=O) groups excluding carboxylic acids is 3. The molecule has 9 nitrogen and oxygen atoms in total. The summed E-state index contributed by atoms with van der Waals surface area (Å²) in [6.45, 7) is 0. The molecule has 0 bridgehead atoms. The van der Waals surface area contributed by atoms with Crippen molar-refractivity contribution in [1.82, 2.24) is 10.6 Å². The minimum Gasteiger partial charge on any atom is -0.467 e. The quantitative estimate of drug-likeness (QED) is 0.513. The highest BCUT2D eigenvalue weighted by atomic mass is 16.5. The van der Waals surface area contributed by atoms with Crippen LogP contribution in [-0.4, -0.2) is 43.8 Å². The maximum Gasteiger partial charge on any atom is 0.331 e. The molecule has 0 saturated heterocycles. The lowest BCUT2D eigenvalue weighted by molar-refractivity contribution is -0.162. The Morgan fingerprint density at radius 1 is 1.06 bits per heavy atom. The van der Waals surface area contributed by atoms with Crippen molar-refractivity contribution < 1.29 is 28.6 Å². The average Bonchev–Trinajstić information content (AvgIpc) is 2.75. The van der Waals surface area contributed by atoms with Crippen LogP contribution in [0.4, 0.5) is 4.79 Å². The van der Waals surface area contributed by atoms with Crippen molar-refractivity contribution in [2.45, 2.75) is 36.9 Å². The van der Waals surface area contributed by atoms with Crippen LogP contribution < -0.4 is 21.1 Å². The third-order valence-corrected chi connectivity index (χ3v) is 5.39. The molecule has 9 heteroatoms. The van der Waals surface area contributed by atoms with E-state index in [1.165, 1.54) is 7.11 Å². The molecule has 1 saturated carbocycles. The first-order chi connectivity index (χ1) is 15.3. The molecule has 1 unspecified atom stereocenters. The van der Waals surface area contributed by atoms with Gasteiger partial charge in [0.1, 0.15) is 17.0 Å². The van der Waals surface area contributed by atoms with Crippen molar-refractivity contribution in [3.8, 4) is 11.5 Å². The Labute approximate surface area is 186 Å². The normalized spacial score (nSPS) is 20.4. The van der Waals surface area contributed by atoms with Crippen LogP contribution in [0.25, 0.3) is 0 Å². The Kier molecular flexibility index (Phi) is 7.32. The summed E-state index contributed by atoms with van der Waals surface area (Å²) in [6, 6.07) is 14.7. The van der Waals surface area contributed by atoms with Crippen LogP contribution in [-0.2, 0) is 19.1 Å². The number of esters is 1. The number of hydrogen-bond acceptors (Lipinski definition) is 6. The van der Waals surface area contributed by atoms with Crippen molar-refractivity contribution in [1.29, 1.82) is 0 Å². The third-order valence-electron chi connectivity index (χ3n) is 5.39. The Morgan fingerprint density at radius 3 is 2.38 bits per heavy atom. The fraction of sp³-hybridized carbons (Fsp3) is 0.348. The number of rotatable bonds is 9. The second-order valence-corrected chi connectivity index (χ2v) is 7.64. The molecular formula is C23H27N3O6. The number of benzene rings is 2. The van der Waals surface area contributed by atoms with Crippen LogP contribution in [0.3, 0.4) is 0 Å². The maximum atomic E-state index is 12.8. The number of carbonyl (C=O) groups is 3. The number of para-hydroxylation sites is 1. The number of ether oxygens (including phenoxy) is 3. The van der Waals surface area contributed by atoms with Crippen molar-refractivity contribution in [2.75, 3.05) is 14.2 Å². The van der Waals surface area contributed by atoms with Gasteiger partial charge in [0.15, 0.2) is 0 Å². The van der Waals surface area contributed by atoms with Crippen LogP contribution in [0, 0.1) is 0 Å². The van der Waals surface area contributed by atoms with E-state index in [1.54, 1.807) is 31.4 Å². The topological polar surface area (TPSA) is 129 Å². The van der Waals surface area contributed by atoms with E-state index in [4.69, 9.17) is 19.9 Å². The molecule has 2 aromatic carbocycles. The Balaban J connectivity index is 1.74. The summed E-state index contributed by atoms with van der Waals surface area (Å²) in [4.78, 5) is 36.7. The number of nitrogens with two attached hydrogens (primary N) is 1. The largest absolute Gasteiger partial charge is 0.467 e. The molecule has 0 aromatic heterocycles. The molecule has 1 fully saturated rings. The van der Waals surface area contributed by atoms with Gasteiger partial charge < -0.3 is 30.6 Å². The van der Waals surface area contributed by atoms with Crippen molar-refractivity contribution in [3.05, 3.63) is 60.2 Å². The number of nitrogens with one attached hydrogen (secondary N) is 2. The van der Waals surface area contributed by atoms with Crippen LogP contribution in [0.15, 0.2) is 54.6 Å². The molecule has 3 amide bonds. The standard InChI is InChI=1S/C23H27N3O6/c1-30-18-13-23(14-18,21(28)31-2)26-20(27)12-19(25-22(24)29)15-7-6-10-17(11-15)32-16-8-4-3-5-9-16/h3-11,18-19H,12-14H2,1-2H3,(H,26,27)(H3,24,25,29). The molecular weight excluding hydrogens is 414 g/mol. The van der Waals surface area contributed by atoms with E-state index in [2.05, 4.69) is 10.6 Å². The van der Waals surface area contributed by atoms with Gasteiger partial charge in [-0.15, -0.1) is 0 Å². The minimum absolute atomic E-state index is 0.131. The van der Waals surface area contributed by atoms with Gasteiger partial charge in [0.25, 0.3) is 0 Å². The SMILES string of the molecule is COC(=O)C1(NC(=O)CC(NC(N)=O)c2cccc(Oc3ccccc3)c2)CC(OC)C1. The van der Waals surface area contributed by atoms with Crippen LogP contribution >= 0.6 is 0 Å². The zero-order valence-corrected chi connectivity index (χ0v) is 18.0. The van der Waals surface area contributed by atoms with Gasteiger partial charge in [-0.1, -0.05) is 30.3 Å². The summed E-state index contributed by atoms with van der Waals surface area (Å²) in [7, 11) is 2.82. The zero-order valence-electron chi connectivity index (χ0n) is 18.0. The highest BCUT2D eigenvalue weighted by Gasteiger charge is 2.52. The summed E-state index contributed by atoms with van der Waals surface area (Å²) >= 11 is 0. The number of urea groups is 1. The summed E-state index contributed by atoms with van der Waals surface area (Å²) in [5.74, 6) is 0.229. The Morgan fingerprint density at radius 2 is 1.75 bits per heavy atom. The van der Waals surface area contributed by atoms with Gasteiger partial charge in [0, 0.05) is 20.0 Å². The van der Waals surface area contributed by atoms with Gasteiger partial charge >= 0.3 is 12.0 Å². The molecule has 2 aromatic rings. The number of methoxy groups -OCH3 is 2. The highest BCUT2D eigenvalue weighted by Crippen LogP contribution is 2.36. The number of hydrogen-bond donors (Lipinski definition) is 3. The van der Waals surface area contributed by atoms with Crippen molar-refractivity contribution >= 4 is 17.9 Å². The highest BCUT2D eigenvalue weighted by molar-refractivity contribution is 5.89. The van der Waals surface area contributed by atoms with E-state index in [0.29, 0.717) is 29.9 Å². The van der Waals surface area contributed by atoms with Crippen LogP contribution in [0.5, 0.6) is 11.5 Å². The maximum absolute atomic E-state index is 12.8. The van der Waals surface area contributed by atoms with Crippen molar-refractivity contribution in [3.63, 3.8) is 0 Å². The summed E-state index contributed by atoms with van der Waals surface area (Å²) in [6.07, 6.45) is 0.362. The van der Waals surface area contributed by atoms with Crippen LogP contribution in [0.1, 0.15) is 30.9 Å². The van der Waals surface area contributed by atoms with Gasteiger partial charge in [-0.3, -0.25) is 4.79 Å². The van der Waals surface area contributed by atoms with E-state index in [1.807, 2.05) is 30.3 Å². The smallest absolute Gasteiger partial charge is 0.331 e. The molecule has 3 rings (SSSR count). The summed E-state index contributed by atoms with van der Waals surface area (Å²) in [5.41, 5.74) is 4.83. The van der Waals surface area contributed by atoms with E-state index in [9.17, 15) is 14.4 Å². The monoisotopic (exact) mass is 441 g/mol. The van der Waals surface area contributed by atoms with Crippen LogP contribution in [0.2, 0.25) is 0 Å².